The lowest BCUT2D eigenvalue weighted by atomic mass is 10.0. The third kappa shape index (κ3) is 4.03. The molecule has 1 aliphatic rings. The summed E-state index contributed by atoms with van der Waals surface area (Å²) in [6, 6.07) is 1.75. The Labute approximate surface area is 119 Å². The number of morpholine rings is 1. The zero-order valence-corrected chi connectivity index (χ0v) is 12.5. The van der Waals surface area contributed by atoms with Crippen molar-refractivity contribution in [3.63, 3.8) is 0 Å². The first-order valence-corrected chi connectivity index (χ1v) is 6.93. The Morgan fingerprint density at radius 3 is 2.68 bits per heavy atom. The van der Waals surface area contributed by atoms with Gasteiger partial charge in [0.15, 0.2) is 0 Å². The van der Waals surface area contributed by atoms with E-state index in [0.29, 0.717) is 11.0 Å². The molecule has 0 radical (unpaired) electrons. The van der Waals surface area contributed by atoms with Crippen LogP contribution in [0.2, 0.25) is 5.15 Å². The number of anilines is 1. The van der Waals surface area contributed by atoms with E-state index in [-0.39, 0.29) is 5.54 Å². The Hall–Kier alpha value is -0.910. The van der Waals surface area contributed by atoms with Gasteiger partial charge >= 0.3 is 0 Å². The highest BCUT2D eigenvalue weighted by molar-refractivity contribution is 6.29. The number of hydrogen-bond acceptors (Lipinski definition) is 5. The summed E-state index contributed by atoms with van der Waals surface area (Å²) >= 11 is 5.93. The number of ether oxygens (including phenoxy) is 1. The molecule has 1 aliphatic heterocycles. The topological polar surface area (TPSA) is 50.3 Å². The molecular formula is C13H21ClN4O. The van der Waals surface area contributed by atoms with Gasteiger partial charge in [-0.2, -0.15) is 0 Å². The molecular weight excluding hydrogens is 264 g/mol. The standard InChI is InChI=1S/C13H21ClN4O/c1-10-16-11(14)8-12(17-10)15-9-13(2,3)18-4-6-19-7-5-18/h8H,4-7,9H2,1-3H3,(H,15,16,17). The zero-order valence-electron chi connectivity index (χ0n) is 11.7. The van der Waals surface area contributed by atoms with Crippen LogP contribution in [-0.4, -0.2) is 53.3 Å². The van der Waals surface area contributed by atoms with Gasteiger partial charge in [-0.3, -0.25) is 4.90 Å². The number of aryl methyl sites for hydroxylation is 1. The molecule has 0 saturated carbocycles. The van der Waals surface area contributed by atoms with E-state index >= 15 is 0 Å². The summed E-state index contributed by atoms with van der Waals surface area (Å²) in [7, 11) is 0. The second-order valence-corrected chi connectivity index (χ2v) is 5.78. The van der Waals surface area contributed by atoms with E-state index in [2.05, 4.69) is 34.0 Å². The zero-order chi connectivity index (χ0) is 13.9. The molecule has 6 heteroatoms. The van der Waals surface area contributed by atoms with E-state index in [1.165, 1.54) is 0 Å². The molecule has 106 valence electrons. The summed E-state index contributed by atoms with van der Waals surface area (Å²) in [6.45, 7) is 10.6. The maximum atomic E-state index is 5.93. The first kappa shape index (κ1) is 14.5. The molecule has 1 aromatic rings. The summed E-state index contributed by atoms with van der Waals surface area (Å²) in [4.78, 5) is 10.8. The van der Waals surface area contributed by atoms with Crippen molar-refractivity contribution in [2.75, 3.05) is 38.2 Å². The molecule has 2 rings (SSSR count). The Morgan fingerprint density at radius 1 is 1.37 bits per heavy atom. The molecule has 0 amide bonds. The molecule has 5 nitrogen and oxygen atoms in total. The fraction of sp³-hybridized carbons (Fsp3) is 0.692. The maximum Gasteiger partial charge on any atom is 0.134 e. The summed E-state index contributed by atoms with van der Waals surface area (Å²) in [5.74, 6) is 1.46. The van der Waals surface area contributed by atoms with E-state index in [4.69, 9.17) is 16.3 Å². The Bertz CT molecular complexity index is 412. The highest BCUT2D eigenvalue weighted by Gasteiger charge is 2.28. The van der Waals surface area contributed by atoms with Gasteiger partial charge < -0.3 is 10.1 Å². The predicted molar refractivity (Wildman–Crippen MR) is 76.7 cm³/mol. The SMILES string of the molecule is Cc1nc(Cl)cc(NCC(C)(C)N2CCOCC2)n1. The molecule has 1 fully saturated rings. The minimum atomic E-state index is 0.0507. The summed E-state index contributed by atoms with van der Waals surface area (Å²) in [6.07, 6.45) is 0. The third-order valence-electron chi connectivity index (χ3n) is 3.38. The van der Waals surface area contributed by atoms with Gasteiger partial charge in [0.1, 0.15) is 16.8 Å². The van der Waals surface area contributed by atoms with E-state index in [9.17, 15) is 0 Å². The normalized spacial score (nSPS) is 17.5. The van der Waals surface area contributed by atoms with Crippen LogP contribution in [0.4, 0.5) is 5.82 Å². The molecule has 19 heavy (non-hydrogen) atoms. The molecule has 1 aromatic heterocycles. The van der Waals surface area contributed by atoms with Crippen LogP contribution >= 0.6 is 11.6 Å². The molecule has 0 aromatic carbocycles. The Morgan fingerprint density at radius 2 is 2.05 bits per heavy atom. The monoisotopic (exact) mass is 284 g/mol. The van der Waals surface area contributed by atoms with Crippen molar-refractivity contribution >= 4 is 17.4 Å². The van der Waals surface area contributed by atoms with Crippen molar-refractivity contribution in [1.29, 1.82) is 0 Å². The van der Waals surface area contributed by atoms with Crippen LogP contribution in [-0.2, 0) is 4.74 Å². The van der Waals surface area contributed by atoms with Gasteiger partial charge in [-0.25, -0.2) is 9.97 Å². The van der Waals surface area contributed by atoms with Crippen molar-refractivity contribution in [3.05, 3.63) is 17.0 Å². The second kappa shape index (κ2) is 6.03. The minimum Gasteiger partial charge on any atom is -0.379 e. The number of aromatic nitrogens is 2. The number of rotatable bonds is 4. The lowest BCUT2D eigenvalue weighted by Crippen LogP contribution is -2.53. The smallest absolute Gasteiger partial charge is 0.134 e. The lowest BCUT2D eigenvalue weighted by Gasteiger charge is -2.41. The third-order valence-corrected chi connectivity index (χ3v) is 3.57. The predicted octanol–water partition coefficient (Wildman–Crippen LogP) is 1.96. The van der Waals surface area contributed by atoms with Gasteiger partial charge in [-0.05, 0) is 20.8 Å². The van der Waals surface area contributed by atoms with Crippen molar-refractivity contribution in [2.24, 2.45) is 0 Å². The summed E-state index contributed by atoms with van der Waals surface area (Å²) in [5, 5.41) is 3.82. The van der Waals surface area contributed by atoms with Crippen molar-refractivity contribution in [1.82, 2.24) is 14.9 Å². The molecule has 0 unspecified atom stereocenters. The van der Waals surface area contributed by atoms with Gasteiger partial charge in [0.25, 0.3) is 0 Å². The maximum absolute atomic E-state index is 5.93. The first-order valence-electron chi connectivity index (χ1n) is 6.55. The average molecular weight is 285 g/mol. The Kier molecular flexibility index (Phi) is 4.60. The van der Waals surface area contributed by atoms with Crippen LogP contribution in [0.15, 0.2) is 6.07 Å². The number of nitrogens with zero attached hydrogens (tertiary/aromatic N) is 3. The highest BCUT2D eigenvalue weighted by Crippen LogP contribution is 2.18. The van der Waals surface area contributed by atoms with Crippen LogP contribution < -0.4 is 5.32 Å². The van der Waals surface area contributed by atoms with E-state index in [1.807, 2.05) is 6.92 Å². The molecule has 2 heterocycles. The van der Waals surface area contributed by atoms with Gasteiger partial charge in [-0.15, -0.1) is 0 Å². The van der Waals surface area contributed by atoms with E-state index < -0.39 is 0 Å². The van der Waals surface area contributed by atoms with E-state index in [1.54, 1.807) is 6.07 Å². The second-order valence-electron chi connectivity index (χ2n) is 5.39. The number of nitrogens with one attached hydrogen (secondary N) is 1. The van der Waals surface area contributed by atoms with Crippen LogP contribution in [0.1, 0.15) is 19.7 Å². The number of halogens is 1. The molecule has 0 spiro atoms. The minimum absolute atomic E-state index is 0.0507. The molecule has 1 saturated heterocycles. The fourth-order valence-corrected chi connectivity index (χ4v) is 2.43. The molecule has 0 atom stereocenters. The van der Waals surface area contributed by atoms with Crippen LogP contribution in [0.3, 0.4) is 0 Å². The van der Waals surface area contributed by atoms with E-state index in [0.717, 1.165) is 38.7 Å². The van der Waals surface area contributed by atoms with Crippen LogP contribution in [0.5, 0.6) is 0 Å². The first-order chi connectivity index (χ1) is 8.97. The van der Waals surface area contributed by atoms with Gasteiger partial charge in [0.05, 0.1) is 13.2 Å². The highest BCUT2D eigenvalue weighted by atomic mass is 35.5. The Balaban J connectivity index is 1.96. The van der Waals surface area contributed by atoms with Crippen LogP contribution in [0, 0.1) is 6.92 Å². The van der Waals surface area contributed by atoms with Crippen molar-refractivity contribution in [2.45, 2.75) is 26.3 Å². The molecule has 0 bridgehead atoms. The summed E-state index contributed by atoms with van der Waals surface area (Å²) < 4.78 is 5.39. The quantitative estimate of drug-likeness (QED) is 0.857. The van der Waals surface area contributed by atoms with Crippen molar-refractivity contribution in [3.8, 4) is 0 Å². The number of hydrogen-bond donors (Lipinski definition) is 1. The average Bonchev–Trinajstić information content (AvgIpc) is 2.37. The van der Waals surface area contributed by atoms with Gasteiger partial charge in [0.2, 0.25) is 0 Å². The lowest BCUT2D eigenvalue weighted by molar-refractivity contribution is -0.00570. The van der Waals surface area contributed by atoms with Crippen molar-refractivity contribution < 1.29 is 4.74 Å². The molecule has 1 N–H and O–H groups in total. The van der Waals surface area contributed by atoms with Gasteiger partial charge in [0, 0.05) is 31.2 Å². The molecule has 0 aliphatic carbocycles. The fourth-order valence-electron chi connectivity index (χ4n) is 2.21. The van der Waals surface area contributed by atoms with Crippen LogP contribution in [0.25, 0.3) is 0 Å². The summed E-state index contributed by atoms with van der Waals surface area (Å²) in [5.41, 5.74) is 0.0507. The van der Waals surface area contributed by atoms with Gasteiger partial charge in [-0.1, -0.05) is 11.6 Å². The largest absolute Gasteiger partial charge is 0.379 e.